The van der Waals surface area contributed by atoms with Crippen molar-refractivity contribution in [3.63, 3.8) is 0 Å². The van der Waals surface area contributed by atoms with Gasteiger partial charge in [0.2, 0.25) is 6.29 Å². The van der Waals surface area contributed by atoms with E-state index >= 15 is 0 Å². The number of benzene rings is 1. The number of nitrogens with one attached hydrogen (secondary N) is 1. The van der Waals surface area contributed by atoms with Gasteiger partial charge in [-0.05, 0) is 5.56 Å². The van der Waals surface area contributed by atoms with E-state index in [9.17, 15) is 9.59 Å². The molecule has 0 amide bonds. The summed E-state index contributed by atoms with van der Waals surface area (Å²) in [5.74, 6) is 0. The Kier molecular flexibility index (Phi) is 4.58. The second-order valence-electron chi connectivity index (χ2n) is 2.89. The molecule has 1 atom stereocenters. The molecule has 0 heterocycles. The molecule has 1 aromatic carbocycles. The summed E-state index contributed by atoms with van der Waals surface area (Å²) in [4.78, 5) is 20.4. The second-order valence-corrected chi connectivity index (χ2v) is 2.89. The van der Waals surface area contributed by atoms with Crippen LogP contribution in [0, 0.1) is 0 Å². The predicted octanol–water partition coefficient (Wildman–Crippen LogP) is 0.754. The maximum absolute atomic E-state index is 10.3. The highest BCUT2D eigenvalue weighted by Gasteiger charge is 2.06. The van der Waals surface area contributed by atoms with Crippen LogP contribution < -0.4 is 5.32 Å². The van der Waals surface area contributed by atoms with Gasteiger partial charge in [0.15, 0.2) is 6.29 Å². The summed E-state index contributed by atoms with van der Waals surface area (Å²) in [6.07, 6.45) is 3.48. The van der Waals surface area contributed by atoms with Crippen LogP contribution in [0.25, 0.3) is 0 Å². The van der Waals surface area contributed by atoms with E-state index in [2.05, 4.69) is 5.32 Å². The summed E-state index contributed by atoms with van der Waals surface area (Å²) in [7, 11) is 0. The van der Waals surface area contributed by atoms with Crippen LogP contribution in [0.4, 0.5) is 0 Å². The molecule has 0 saturated carbocycles. The van der Waals surface area contributed by atoms with Crippen molar-refractivity contribution in [3.8, 4) is 0 Å². The monoisotopic (exact) mass is 189 g/mol. The fourth-order valence-corrected chi connectivity index (χ4v) is 1.08. The van der Waals surface area contributed by atoms with Gasteiger partial charge in [-0.15, -0.1) is 0 Å². The molecule has 0 bridgehead atoms. The molecular formula is C11H11NO2. The van der Waals surface area contributed by atoms with Gasteiger partial charge in [0, 0.05) is 13.0 Å². The molecule has 3 nitrogen and oxygen atoms in total. The molecule has 1 unspecified atom stereocenters. The molecule has 72 valence electrons. The lowest BCUT2D eigenvalue weighted by Gasteiger charge is -2.07. The highest BCUT2D eigenvalue weighted by atomic mass is 16.1. The maximum atomic E-state index is 10.3. The van der Waals surface area contributed by atoms with Crippen LogP contribution >= 0.6 is 0 Å². The highest BCUT2D eigenvalue weighted by Crippen LogP contribution is 1.98. The molecule has 0 aliphatic carbocycles. The van der Waals surface area contributed by atoms with Crippen LogP contribution in [-0.4, -0.2) is 18.6 Å². The molecule has 0 aromatic heterocycles. The minimum atomic E-state index is -0.548. The quantitative estimate of drug-likeness (QED) is 0.718. The Bertz CT molecular complexity index is 285. The first-order valence-electron chi connectivity index (χ1n) is 4.37. The molecule has 0 aliphatic rings. The van der Waals surface area contributed by atoms with E-state index in [1.165, 1.54) is 0 Å². The molecule has 0 saturated heterocycles. The molecule has 0 fully saturated rings. The van der Waals surface area contributed by atoms with E-state index in [-0.39, 0.29) is 6.42 Å². The Morgan fingerprint density at radius 3 is 2.50 bits per heavy atom. The fraction of sp³-hybridized carbons (Fsp3) is 0.273. The molecule has 1 N–H and O–H groups in total. The van der Waals surface area contributed by atoms with Gasteiger partial charge in [-0.25, -0.2) is 0 Å². The largest absolute Gasteiger partial charge is 0.303 e. The van der Waals surface area contributed by atoms with Crippen LogP contribution in [0.3, 0.4) is 0 Å². The summed E-state index contributed by atoms with van der Waals surface area (Å²) >= 11 is 0. The van der Waals surface area contributed by atoms with Crippen LogP contribution in [0.2, 0.25) is 0 Å². The topological polar surface area (TPSA) is 46.2 Å². The van der Waals surface area contributed by atoms with Gasteiger partial charge in [0.25, 0.3) is 0 Å². The molecule has 3 heteroatoms. The molecule has 1 aromatic rings. The SMILES string of the molecule is O=[C]CC([C]=O)NCc1ccccc1. The van der Waals surface area contributed by atoms with Crippen molar-refractivity contribution in [1.82, 2.24) is 5.32 Å². The first-order chi connectivity index (χ1) is 6.86. The molecule has 0 aliphatic heterocycles. The van der Waals surface area contributed by atoms with Gasteiger partial charge < -0.3 is 5.32 Å². The molecule has 1 rings (SSSR count). The minimum Gasteiger partial charge on any atom is -0.303 e. The van der Waals surface area contributed by atoms with Crippen molar-refractivity contribution in [2.45, 2.75) is 19.0 Å². The van der Waals surface area contributed by atoms with Crippen LogP contribution in [0.5, 0.6) is 0 Å². The van der Waals surface area contributed by atoms with E-state index in [0.29, 0.717) is 6.54 Å². The Morgan fingerprint density at radius 2 is 1.93 bits per heavy atom. The van der Waals surface area contributed by atoms with E-state index in [0.717, 1.165) is 5.56 Å². The number of carbonyl (C=O) groups excluding carboxylic acids is 2. The second kappa shape index (κ2) is 6.05. The first-order valence-corrected chi connectivity index (χ1v) is 4.37. The van der Waals surface area contributed by atoms with Crippen molar-refractivity contribution in [3.05, 3.63) is 35.9 Å². The van der Waals surface area contributed by atoms with E-state index in [1.54, 1.807) is 12.6 Å². The van der Waals surface area contributed by atoms with E-state index < -0.39 is 6.04 Å². The summed E-state index contributed by atoms with van der Waals surface area (Å²) in [6.45, 7) is 0.558. The fourth-order valence-electron chi connectivity index (χ4n) is 1.08. The van der Waals surface area contributed by atoms with Crippen LogP contribution in [0.15, 0.2) is 30.3 Å². The van der Waals surface area contributed by atoms with Gasteiger partial charge in [-0.2, -0.15) is 0 Å². The third kappa shape index (κ3) is 3.49. The van der Waals surface area contributed by atoms with Crippen molar-refractivity contribution in [1.29, 1.82) is 0 Å². The lowest BCUT2D eigenvalue weighted by atomic mass is 10.2. The molecular weight excluding hydrogens is 178 g/mol. The average molecular weight is 189 g/mol. The highest BCUT2D eigenvalue weighted by molar-refractivity contribution is 5.66. The van der Waals surface area contributed by atoms with Crippen molar-refractivity contribution >= 4 is 12.6 Å². The molecule has 2 radical (unpaired) electrons. The summed E-state index contributed by atoms with van der Waals surface area (Å²) in [5.41, 5.74) is 1.07. The Hall–Kier alpha value is -1.48. The van der Waals surface area contributed by atoms with Crippen LogP contribution in [-0.2, 0) is 16.1 Å². The zero-order valence-electron chi connectivity index (χ0n) is 7.69. The predicted molar refractivity (Wildman–Crippen MR) is 53.1 cm³/mol. The Balaban J connectivity index is 2.39. The third-order valence-corrected chi connectivity index (χ3v) is 1.83. The Morgan fingerprint density at radius 1 is 1.21 bits per heavy atom. The zero-order chi connectivity index (χ0) is 10.2. The van der Waals surface area contributed by atoms with Gasteiger partial charge in [-0.3, -0.25) is 9.59 Å². The minimum absolute atomic E-state index is 0.0519. The first kappa shape index (κ1) is 10.6. The van der Waals surface area contributed by atoms with Crippen LogP contribution in [0.1, 0.15) is 12.0 Å². The number of rotatable bonds is 6. The van der Waals surface area contributed by atoms with Crippen molar-refractivity contribution in [2.75, 3.05) is 0 Å². The smallest absolute Gasteiger partial charge is 0.217 e. The zero-order valence-corrected chi connectivity index (χ0v) is 7.69. The lowest BCUT2D eigenvalue weighted by molar-refractivity contribution is 0.504. The summed E-state index contributed by atoms with van der Waals surface area (Å²) < 4.78 is 0. The van der Waals surface area contributed by atoms with Crippen molar-refractivity contribution in [2.24, 2.45) is 0 Å². The standard InChI is InChI=1S/C11H11NO2/c13-7-6-11(9-14)12-8-10-4-2-1-3-5-10/h1-5,11-12H,6,8H2. The maximum Gasteiger partial charge on any atom is 0.217 e. The Labute approximate surface area is 83.1 Å². The van der Waals surface area contributed by atoms with E-state index in [1.807, 2.05) is 30.3 Å². The van der Waals surface area contributed by atoms with Gasteiger partial charge in [0.05, 0.1) is 6.04 Å². The molecule has 14 heavy (non-hydrogen) atoms. The molecule has 0 spiro atoms. The average Bonchev–Trinajstić information content (AvgIpc) is 2.25. The number of hydrogen-bond donors (Lipinski definition) is 1. The lowest BCUT2D eigenvalue weighted by Crippen LogP contribution is -2.30. The van der Waals surface area contributed by atoms with Gasteiger partial charge in [-0.1, -0.05) is 30.3 Å². The van der Waals surface area contributed by atoms with Gasteiger partial charge >= 0.3 is 0 Å². The van der Waals surface area contributed by atoms with Crippen molar-refractivity contribution < 1.29 is 9.59 Å². The summed E-state index contributed by atoms with van der Waals surface area (Å²) in [5, 5.41) is 2.90. The van der Waals surface area contributed by atoms with Gasteiger partial charge in [0.1, 0.15) is 0 Å². The third-order valence-electron chi connectivity index (χ3n) is 1.83. The normalized spacial score (nSPS) is 12.0. The summed E-state index contributed by atoms with van der Waals surface area (Å²) in [6, 6.07) is 9.10. The number of hydrogen-bond acceptors (Lipinski definition) is 3. The van der Waals surface area contributed by atoms with E-state index in [4.69, 9.17) is 0 Å².